The van der Waals surface area contributed by atoms with Crippen molar-refractivity contribution >= 4 is 31.9 Å². The van der Waals surface area contributed by atoms with E-state index in [4.69, 9.17) is 0 Å². The second kappa shape index (κ2) is 10.4. The minimum absolute atomic E-state index is 0.108. The molecule has 5 nitrogen and oxygen atoms in total. The molecular formula is C25H27BrN2O3S. The van der Waals surface area contributed by atoms with Gasteiger partial charge in [-0.3, -0.25) is 4.79 Å². The zero-order valence-corrected chi connectivity index (χ0v) is 20.8. The number of rotatable bonds is 8. The van der Waals surface area contributed by atoms with Crippen LogP contribution in [0, 0.1) is 13.8 Å². The minimum atomic E-state index is -3.86. The van der Waals surface area contributed by atoms with Gasteiger partial charge in [-0.25, -0.2) is 8.42 Å². The van der Waals surface area contributed by atoms with Gasteiger partial charge >= 0.3 is 0 Å². The van der Waals surface area contributed by atoms with Crippen LogP contribution in [-0.4, -0.2) is 25.2 Å². The van der Waals surface area contributed by atoms with E-state index in [9.17, 15) is 13.2 Å². The van der Waals surface area contributed by atoms with E-state index in [0.717, 1.165) is 26.7 Å². The summed E-state index contributed by atoms with van der Waals surface area (Å²) in [6.45, 7) is 5.58. The first kappa shape index (κ1) is 24.2. The van der Waals surface area contributed by atoms with Crippen molar-refractivity contribution in [3.63, 3.8) is 0 Å². The van der Waals surface area contributed by atoms with Crippen molar-refractivity contribution in [2.45, 2.75) is 38.3 Å². The average molecular weight is 515 g/mol. The smallest absolute Gasteiger partial charge is 0.243 e. The van der Waals surface area contributed by atoms with Crippen LogP contribution in [0.25, 0.3) is 0 Å². The molecule has 168 valence electrons. The number of carbonyl (C=O) groups is 1. The lowest BCUT2D eigenvalue weighted by atomic mass is 10.1. The number of benzene rings is 3. The molecule has 0 aromatic heterocycles. The molecule has 7 heteroatoms. The van der Waals surface area contributed by atoms with E-state index >= 15 is 0 Å². The van der Waals surface area contributed by atoms with E-state index in [1.165, 1.54) is 4.31 Å². The number of carbonyl (C=O) groups excluding carboxylic acids is 1. The Labute approximate surface area is 198 Å². The molecule has 1 N–H and O–H groups in total. The van der Waals surface area contributed by atoms with Crippen LogP contribution >= 0.6 is 15.9 Å². The summed E-state index contributed by atoms with van der Waals surface area (Å²) in [5.41, 5.74) is 3.81. The number of sulfonamides is 1. The Bertz CT molecular complexity index is 1160. The summed E-state index contributed by atoms with van der Waals surface area (Å²) in [7, 11) is -3.86. The molecule has 0 saturated carbocycles. The second-order valence-electron chi connectivity index (χ2n) is 7.91. The van der Waals surface area contributed by atoms with Crippen molar-refractivity contribution in [2.24, 2.45) is 0 Å². The number of hydrogen-bond donors (Lipinski definition) is 1. The summed E-state index contributed by atoms with van der Waals surface area (Å²) in [5.74, 6) is -0.358. The predicted molar refractivity (Wildman–Crippen MR) is 131 cm³/mol. The fourth-order valence-electron chi connectivity index (χ4n) is 3.26. The number of amides is 1. The van der Waals surface area contributed by atoms with Crippen molar-refractivity contribution in [1.82, 2.24) is 9.62 Å². The Morgan fingerprint density at radius 3 is 2.00 bits per heavy atom. The maximum Gasteiger partial charge on any atom is 0.243 e. The normalized spacial score (nSPS) is 12.5. The summed E-state index contributed by atoms with van der Waals surface area (Å²) < 4.78 is 28.9. The monoisotopic (exact) mass is 514 g/mol. The topological polar surface area (TPSA) is 66.5 Å². The summed E-state index contributed by atoms with van der Waals surface area (Å²) in [6, 6.07) is 21.7. The molecule has 1 atom stereocenters. The lowest BCUT2D eigenvalue weighted by molar-refractivity contribution is -0.122. The van der Waals surface area contributed by atoms with Crippen LogP contribution in [0.15, 0.2) is 82.2 Å². The molecule has 32 heavy (non-hydrogen) atoms. The van der Waals surface area contributed by atoms with E-state index < -0.39 is 10.0 Å². The molecule has 1 amide bonds. The molecule has 0 unspecified atom stereocenters. The molecule has 0 saturated heterocycles. The van der Waals surface area contributed by atoms with Gasteiger partial charge in [0.2, 0.25) is 15.9 Å². The lowest BCUT2D eigenvalue weighted by Crippen LogP contribution is -2.41. The molecule has 0 heterocycles. The number of aryl methyl sites for hydroxylation is 2. The Balaban J connectivity index is 1.82. The lowest BCUT2D eigenvalue weighted by Gasteiger charge is -2.23. The molecular weight excluding hydrogens is 488 g/mol. The van der Waals surface area contributed by atoms with Gasteiger partial charge in [0.15, 0.2) is 0 Å². The number of nitrogens with one attached hydrogen (secondary N) is 1. The van der Waals surface area contributed by atoms with Crippen molar-refractivity contribution in [2.75, 3.05) is 6.54 Å². The zero-order chi connectivity index (χ0) is 23.3. The Morgan fingerprint density at radius 1 is 0.906 bits per heavy atom. The number of hydrogen-bond acceptors (Lipinski definition) is 3. The molecule has 0 bridgehead atoms. The molecule has 0 fully saturated rings. The molecule has 0 aliphatic rings. The average Bonchev–Trinajstić information content (AvgIpc) is 2.75. The highest BCUT2D eigenvalue weighted by Crippen LogP contribution is 2.20. The Morgan fingerprint density at radius 2 is 1.44 bits per heavy atom. The van der Waals surface area contributed by atoms with Crippen LogP contribution in [0.1, 0.15) is 35.2 Å². The summed E-state index contributed by atoms with van der Waals surface area (Å²) in [5, 5.41) is 2.91. The van der Waals surface area contributed by atoms with Crippen LogP contribution in [0.5, 0.6) is 0 Å². The van der Waals surface area contributed by atoms with Crippen LogP contribution in [-0.2, 0) is 21.4 Å². The third-order valence-electron chi connectivity index (χ3n) is 5.21. The van der Waals surface area contributed by atoms with Crippen LogP contribution in [0.3, 0.4) is 0 Å². The van der Waals surface area contributed by atoms with Gasteiger partial charge in [-0.05, 0) is 56.2 Å². The summed E-state index contributed by atoms with van der Waals surface area (Å²) >= 11 is 3.40. The Hall–Kier alpha value is -2.48. The van der Waals surface area contributed by atoms with Crippen LogP contribution < -0.4 is 5.32 Å². The van der Waals surface area contributed by atoms with Crippen molar-refractivity contribution in [3.8, 4) is 0 Å². The van der Waals surface area contributed by atoms with E-state index in [2.05, 4.69) is 21.2 Å². The first-order valence-electron chi connectivity index (χ1n) is 10.3. The quantitative estimate of drug-likeness (QED) is 0.452. The molecule has 0 radical (unpaired) electrons. The van der Waals surface area contributed by atoms with Crippen LogP contribution in [0.4, 0.5) is 0 Å². The minimum Gasteiger partial charge on any atom is -0.348 e. The Kier molecular flexibility index (Phi) is 7.87. The summed E-state index contributed by atoms with van der Waals surface area (Å²) in [6.07, 6.45) is 0. The molecule has 0 aliphatic carbocycles. The first-order chi connectivity index (χ1) is 15.1. The maximum absolute atomic E-state index is 13.4. The highest BCUT2D eigenvalue weighted by atomic mass is 79.9. The molecule has 3 aromatic rings. The zero-order valence-electron chi connectivity index (χ0n) is 18.4. The van der Waals surface area contributed by atoms with E-state index in [1.54, 1.807) is 24.3 Å². The van der Waals surface area contributed by atoms with Crippen molar-refractivity contribution < 1.29 is 13.2 Å². The third-order valence-corrected chi connectivity index (χ3v) is 7.54. The third kappa shape index (κ3) is 6.28. The first-order valence-corrected chi connectivity index (χ1v) is 12.6. The summed E-state index contributed by atoms with van der Waals surface area (Å²) in [4.78, 5) is 13.0. The van der Waals surface area contributed by atoms with E-state index in [0.29, 0.717) is 0 Å². The van der Waals surface area contributed by atoms with Gasteiger partial charge in [-0.15, -0.1) is 0 Å². The molecule has 0 aliphatic heterocycles. The molecule has 3 rings (SSSR count). The van der Waals surface area contributed by atoms with Gasteiger partial charge < -0.3 is 5.32 Å². The predicted octanol–water partition coefficient (Wildman–Crippen LogP) is 5.13. The molecule has 0 spiro atoms. The second-order valence-corrected chi connectivity index (χ2v) is 10.8. The van der Waals surface area contributed by atoms with Gasteiger partial charge in [0.1, 0.15) is 0 Å². The van der Waals surface area contributed by atoms with Gasteiger partial charge in [-0.2, -0.15) is 4.31 Å². The largest absolute Gasteiger partial charge is 0.348 e. The fourth-order valence-corrected chi connectivity index (χ4v) is 4.91. The number of nitrogens with zero attached hydrogens (tertiary/aromatic N) is 1. The highest BCUT2D eigenvalue weighted by molar-refractivity contribution is 9.10. The van der Waals surface area contributed by atoms with E-state index in [1.807, 2.05) is 69.3 Å². The molecule has 3 aromatic carbocycles. The van der Waals surface area contributed by atoms with Gasteiger partial charge in [-0.1, -0.05) is 75.6 Å². The van der Waals surface area contributed by atoms with Crippen molar-refractivity contribution in [3.05, 3.63) is 99.5 Å². The highest BCUT2D eigenvalue weighted by Gasteiger charge is 2.27. The maximum atomic E-state index is 13.4. The van der Waals surface area contributed by atoms with Crippen LogP contribution in [0.2, 0.25) is 0 Å². The van der Waals surface area contributed by atoms with Gasteiger partial charge in [0, 0.05) is 11.0 Å². The number of halogens is 1. The SMILES string of the molecule is Cc1ccc(CN(CC(=O)N[C@H](C)c2ccc(Br)cc2)S(=O)(=O)c2ccc(C)cc2)cc1. The van der Waals surface area contributed by atoms with E-state index in [-0.39, 0.29) is 29.9 Å². The standard InChI is InChI=1S/C25H27BrN2O3S/c1-18-4-8-21(9-5-18)16-28(32(30,31)24-14-6-19(2)7-15-24)17-25(29)27-20(3)22-10-12-23(26)13-11-22/h4-15,20H,16-17H2,1-3H3,(H,27,29)/t20-/m1/s1. The fraction of sp³-hybridized carbons (Fsp3) is 0.240. The van der Waals surface area contributed by atoms with Gasteiger partial charge in [0.25, 0.3) is 0 Å². The van der Waals surface area contributed by atoms with Crippen molar-refractivity contribution in [1.29, 1.82) is 0 Å². The van der Waals surface area contributed by atoms with Gasteiger partial charge in [0.05, 0.1) is 17.5 Å².